The van der Waals surface area contributed by atoms with E-state index in [1.165, 1.54) is 6.26 Å². The third-order valence-corrected chi connectivity index (χ3v) is 4.67. The second kappa shape index (κ2) is 6.91. The average Bonchev–Trinajstić information content (AvgIpc) is 3.02. The van der Waals surface area contributed by atoms with Gasteiger partial charge in [-0.2, -0.15) is 0 Å². The first-order valence-corrected chi connectivity index (χ1v) is 8.18. The van der Waals surface area contributed by atoms with Gasteiger partial charge < -0.3 is 14.8 Å². The highest BCUT2D eigenvalue weighted by atomic mass is 35.5. The fourth-order valence-electron chi connectivity index (χ4n) is 2.62. The summed E-state index contributed by atoms with van der Waals surface area (Å²) in [4.78, 5) is 16.4. The lowest BCUT2D eigenvalue weighted by Gasteiger charge is -2.25. The Kier molecular flexibility index (Phi) is 4.90. The number of carbonyl (C=O) groups is 1. The zero-order valence-corrected chi connectivity index (χ0v) is 13.8. The minimum atomic E-state index is -0.276. The van der Waals surface area contributed by atoms with Crippen LogP contribution < -0.4 is 5.32 Å². The van der Waals surface area contributed by atoms with Gasteiger partial charge >= 0.3 is 0 Å². The number of rotatable bonds is 3. The fourth-order valence-corrected chi connectivity index (χ4v) is 2.92. The highest BCUT2D eigenvalue weighted by molar-refractivity contribution is 6.42. The number of amides is 1. The molecule has 0 atom stereocenters. The monoisotopic (exact) mass is 354 g/mol. The van der Waals surface area contributed by atoms with Gasteiger partial charge in [0.15, 0.2) is 5.69 Å². The Morgan fingerprint density at radius 2 is 1.96 bits per heavy atom. The van der Waals surface area contributed by atoms with E-state index in [1.807, 2.05) is 0 Å². The number of hydrogen-bond donors (Lipinski definition) is 2. The molecule has 0 spiro atoms. The van der Waals surface area contributed by atoms with Crippen LogP contribution in [0.15, 0.2) is 28.9 Å². The van der Waals surface area contributed by atoms with E-state index < -0.39 is 0 Å². The van der Waals surface area contributed by atoms with Gasteiger partial charge in [0.05, 0.1) is 16.1 Å². The number of halogens is 2. The second-order valence-corrected chi connectivity index (χ2v) is 6.46. The largest absolute Gasteiger partial charge is 0.444 e. The van der Waals surface area contributed by atoms with Gasteiger partial charge in [0.2, 0.25) is 5.89 Å². The highest BCUT2D eigenvalue weighted by Crippen LogP contribution is 2.28. The van der Waals surface area contributed by atoms with Crippen LogP contribution >= 0.6 is 23.2 Å². The van der Waals surface area contributed by atoms with Gasteiger partial charge in [0.25, 0.3) is 5.91 Å². The summed E-state index contributed by atoms with van der Waals surface area (Å²) in [6, 6.07) is 5.08. The van der Waals surface area contributed by atoms with Crippen molar-refractivity contribution in [3.63, 3.8) is 0 Å². The summed E-state index contributed by atoms with van der Waals surface area (Å²) in [5.74, 6) is 0.0363. The zero-order chi connectivity index (χ0) is 16.4. The third kappa shape index (κ3) is 3.86. The quantitative estimate of drug-likeness (QED) is 0.881. The highest BCUT2D eigenvalue weighted by Gasteiger charge is 2.22. The molecule has 0 unspecified atom stereocenters. The number of aliphatic hydroxyl groups is 1. The second-order valence-electron chi connectivity index (χ2n) is 5.65. The Morgan fingerprint density at radius 3 is 2.65 bits per heavy atom. The van der Waals surface area contributed by atoms with Crippen LogP contribution in [0.3, 0.4) is 0 Å². The van der Waals surface area contributed by atoms with Crippen molar-refractivity contribution in [2.75, 3.05) is 0 Å². The molecule has 0 bridgehead atoms. The van der Waals surface area contributed by atoms with Crippen molar-refractivity contribution >= 4 is 29.1 Å². The van der Waals surface area contributed by atoms with Gasteiger partial charge in [-0.25, -0.2) is 4.98 Å². The molecule has 1 saturated carbocycles. The molecule has 1 heterocycles. The van der Waals surface area contributed by atoms with Crippen LogP contribution in [-0.2, 0) is 0 Å². The first kappa shape index (κ1) is 16.3. The molecule has 1 aromatic carbocycles. The van der Waals surface area contributed by atoms with E-state index in [0.29, 0.717) is 34.3 Å². The summed E-state index contributed by atoms with van der Waals surface area (Å²) >= 11 is 11.9. The summed E-state index contributed by atoms with van der Waals surface area (Å²) in [7, 11) is 0. The molecule has 1 aliphatic rings. The minimum absolute atomic E-state index is 0.0658. The number of carbonyl (C=O) groups excluding carboxylic acids is 1. The lowest BCUT2D eigenvalue weighted by Crippen LogP contribution is -2.38. The Morgan fingerprint density at radius 1 is 1.22 bits per heavy atom. The number of hydrogen-bond acceptors (Lipinski definition) is 4. The molecule has 1 fully saturated rings. The number of oxazole rings is 1. The summed E-state index contributed by atoms with van der Waals surface area (Å²) in [6.45, 7) is 0. The predicted octanol–water partition coefficient (Wildman–Crippen LogP) is 3.68. The molecular weight excluding hydrogens is 339 g/mol. The molecule has 0 saturated heterocycles. The van der Waals surface area contributed by atoms with Crippen molar-refractivity contribution in [3.8, 4) is 11.5 Å². The number of aliphatic hydroxyl groups excluding tert-OH is 1. The van der Waals surface area contributed by atoms with Crippen molar-refractivity contribution < 1.29 is 14.3 Å². The Bertz CT molecular complexity index is 709. The Labute approximate surface area is 143 Å². The summed E-state index contributed by atoms with van der Waals surface area (Å²) in [5, 5.41) is 13.3. The average molecular weight is 355 g/mol. The molecular formula is C16H16Cl2N2O3. The molecule has 122 valence electrons. The van der Waals surface area contributed by atoms with Crippen molar-refractivity contribution in [2.24, 2.45) is 0 Å². The molecule has 23 heavy (non-hydrogen) atoms. The van der Waals surface area contributed by atoms with Gasteiger partial charge in [-0.3, -0.25) is 4.79 Å². The maximum Gasteiger partial charge on any atom is 0.273 e. The summed E-state index contributed by atoms with van der Waals surface area (Å²) < 4.78 is 5.36. The maximum atomic E-state index is 12.2. The van der Waals surface area contributed by atoms with Crippen LogP contribution in [0.4, 0.5) is 0 Å². The van der Waals surface area contributed by atoms with E-state index in [0.717, 1.165) is 12.8 Å². The van der Waals surface area contributed by atoms with Gasteiger partial charge in [-0.15, -0.1) is 0 Å². The van der Waals surface area contributed by atoms with Crippen molar-refractivity contribution in [1.82, 2.24) is 10.3 Å². The topological polar surface area (TPSA) is 75.4 Å². The molecule has 0 radical (unpaired) electrons. The smallest absolute Gasteiger partial charge is 0.273 e. The van der Waals surface area contributed by atoms with Crippen LogP contribution in [0.25, 0.3) is 11.5 Å². The van der Waals surface area contributed by atoms with E-state index in [4.69, 9.17) is 27.6 Å². The van der Waals surface area contributed by atoms with E-state index in [1.54, 1.807) is 18.2 Å². The van der Waals surface area contributed by atoms with Crippen molar-refractivity contribution in [1.29, 1.82) is 0 Å². The molecule has 1 amide bonds. The van der Waals surface area contributed by atoms with E-state index in [-0.39, 0.29) is 23.7 Å². The lowest BCUT2D eigenvalue weighted by molar-refractivity contribution is 0.0863. The maximum absolute atomic E-state index is 12.2. The van der Waals surface area contributed by atoms with Crippen LogP contribution in [0.2, 0.25) is 10.0 Å². The van der Waals surface area contributed by atoms with Crippen molar-refractivity contribution in [3.05, 3.63) is 40.2 Å². The van der Waals surface area contributed by atoms with Crippen LogP contribution in [0.5, 0.6) is 0 Å². The van der Waals surface area contributed by atoms with Crippen LogP contribution in [-0.4, -0.2) is 28.1 Å². The SMILES string of the molecule is O=C(NC1CCC(O)CC1)c1coc(-c2ccc(Cl)c(Cl)c2)n1. The minimum Gasteiger partial charge on any atom is -0.444 e. The number of aromatic nitrogens is 1. The standard InChI is InChI=1S/C16H16Cl2N2O3/c17-12-6-1-9(7-13(12)18)16-20-14(8-23-16)15(22)19-10-2-4-11(21)5-3-10/h1,6-8,10-11,21H,2-5H2,(H,19,22). The van der Waals surface area contributed by atoms with Crippen LogP contribution in [0.1, 0.15) is 36.2 Å². The fraction of sp³-hybridized carbons (Fsp3) is 0.375. The third-order valence-electron chi connectivity index (χ3n) is 3.94. The first-order valence-electron chi connectivity index (χ1n) is 7.43. The Hall–Kier alpha value is -1.56. The van der Waals surface area contributed by atoms with Gasteiger partial charge in [-0.1, -0.05) is 23.2 Å². The molecule has 7 heteroatoms. The molecule has 2 N–H and O–H groups in total. The molecule has 3 rings (SSSR count). The number of benzene rings is 1. The normalized spacial score (nSPS) is 21.2. The van der Waals surface area contributed by atoms with E-state index in [9.17, 15) is 9.90 Å². The summed E-state index contributed by atoms with van der Waals surface area (Å²) in [6.07, 6.45) is 4.02. The number of nitrogens with one attached hydrogen (secondary N) is 1. The lowest BCUT2D eigenvalue weighted by atomic mass is 9.93. The van der Waals surface area contributed by atoms with Crippen molar-refractivity contribution in [2.45, 2.75) is 37.8 Å². The molecule has 1 aromatic heterocycles. The van der Waals surface area contributed by atoms with Gasteiger partial charge in [0, 0.05) is 11.6 Å². The first-order chi connectivity index (χ1) is 11.0. The van der Waals surface area contributed by atoms with Gasteiger partial charge in [-0.05, 0) is 43.9 Å². The summed E-state index contributed by atoms with van der Waals surface area (Å²) in [5.41, 5.74) is 0.872. The predicted molar refractivity (Wildman–Crippen MR) is 87.7 cm³/mol. The molecule has 0 aliphatic heterocycles. The zero-order valence-electron chi connectivity index (χ0n) is 12.3. The number of nitrogens with zero attached hydrogens (tertiary/aromatic N) is 1. The van der Waals surface area contributed by atoms with E-state index >= 15 is 0 Å². The molecule has 2 aromatic rings. The van der Waals surface area contributed by atoms with E-state index in [2.05, 4.69) is 10.3 Å². The molecule has 5 nitrogen and oxygen atoms in total. The Balaban J connectivity index is 1.68. The van der Waals surface area contributed by atoms with Crippen LogP contribution in [0, 0.1) is 0 Å². The van der Waals surface area contributed by atoms with Gasteiger partial charge in [0.1, 0.15) is 6.26 Å². The molecule has 1 aliphatic carbocycles.